The first kappa shape index (κ1) is 25.5. The third-order valence-corrected chi connectivity index (χ3v) is 9.61. The lowest BCUT2D eigenvalue weighted by molar-refractivity contribution is -0.385. The van der Waals surface area contributed by atoms with Crippen LogP contribution in [0.2, 0.25) is 0 Å². The summed E-state index contributed by atoms with van der Waals surface area (Å²) >= 11 is 5.45. The van der Waals surface area contributed by atoms with Gasteiger partial charge in [0.05, 0.1) is 21.6 Å². The van der Waals surface area contributed by atoms with Crippen molar-refractivity contribution < 1.29 is 19.2 Å². The van der Waals surface area contributed by atoms with E-state index in [4.69, 9.17) is 4.74 Å². The molecule has 3 heterocycles. The summed E-state index contributed by atoms with van der Waals surface area (Å²) in [6.45, 7) is 0.190. The summed E-state index contributed by atoms with van der Waals surface area (Å²) < 4.78 is 6.94. The number of nitro groups is 1. The highest BCUT2D eigenvalue weighted by atomic mass is 79.9. The van der Waals surface area contributed by atoms with Crippen LogP contribution < -0.4 is 14.5 Å². The molecule has 0 saturated carbocycles. The molecule has 12 heteroatoms. The molecule has 6 rings (SSSR count). The van der Waals surface area contributed by atoms with Crippen LogP contribution in [0.4, 0.5) is 11.4 Å². The summed E-state index contributed by atoms with van der Waals surface area (Å²) in [4.78, 5) is 55.4. The fourth-order valence-electron chi connectivity index (χ4n) is 4.96. The number of hydrogen-bond acceptors (Lipinski definition) is 8. The normalized spacial score (nSPS) is 20.0. The third-order valence-electron chi connectivity index (χ3n) is 6.69. The van der Waals surface area contributed by atoms with Crippen LogP contribution in [-0.4, -0.2) is 27.0 Å². The van der Waals surface area contributed by atoms with E-state index in [0.29, 0.717) is 26.9 Å². The summed E-state index contributed by atoms with van der Waals surface area (Å²) in [5.74, 6) is -2.20. The molecule has 0 aliphatic carbocycles. The molecule has 39 heavy (non-hydrogen) atoms. The minimum Gasteiger partial charge on any atom is -0.489 e. The molecule has 3 unspecified atom stereocenters. The van der Waals surface area contributed by atoms with Crippen LogP contribution in [0.3, 0.4) is 0 Å². The van der Waals surface area contributed by atoms with E-state index in [0.717, 1.165) is 38.0 Å². The van der Waals surface area contributed by atoms with Crippen LogP contribution in [0, 0.1) is 16.0 Å². The number of aromatic nitrogens is 1. The molecule has 1 saturated heterocycles. The number of halogens is 1. The molecule has 0 bridgehead atoms. The summed E-state index contributed by atoms with van der Waals surface area (Å²) in [6, 6.07) is 20.5. The number of benzene rings is 3. The summed E-state index contributed by atoms with van der Waals surface area (Å²) in [7, 11) is 0. The number of nitrogens with one attached hydrogen (secondary N) is 1. The smallest absolute Gasteiger partial charge is 0.305 e. The zero-order valence-corrected chi connectivity index (χ0v) is 23.1. The molecular formula is C27H18BrN3O6S2. The lowest BCUT2D eigenvalue weighted by Gasteiger charge is -2.30. The number of hydrogen-bond donors (Lipinski definition) is 1. The zero-order valence-electron chi connectivity index (χ0n) is 19.9. The Balaban J connectivity index is 1.48. The van der Waals surface area contributed by atoms with Crippen LogP contribution in [0.5, 0.6) is 5.75 Å². The predicted octanol–water partition coefficient (Wildman–Crippen LogP) is 5.48. The molecular weight excluding hydrogens is 606 g/mol. The van der Waals surface area contributed by atoms with E-state index in [1.807, 2.05) is 30.3 Å². The molecule has 4 aromatic rings. The molecule has 3 atom stereocenters. The Morgan fingerprint density at radius 2 is 1.74 bits per heavy atom. The lowest BCUT2D eigenvalue weighted by atomic mass is 9.82. The van der Waals surface area contributed by atoms with E-state index in [-0.39, 0.29) is 17.2 Å². The molecule has 9 nitrogen and oxygen atoms in total. The molecule has 0 radical (unpaired) electrons. The van der Waals surface area contributed by atoms with Gasteiger partial charge in [0, 0.05) is 33.0 Å². The van der Waals surface area contributed by atoms with Crippen LogP contribution >= 0.6 is 39.0 Å². The molecule has 1 N–H and O–H groups in total. The second-order valence-electron chi connectivity index (χ2n) is 8.99. The Labute approximate surface area is 238 Å². The van der Waals surface area contributed by atoms with Gasteiger partial charge in [0.25, 0.3) is 5.69 Å². The maximum Gasteiger partial charge on any atom is 0.305 e. The SMILES string of the molecule is O=C1C2Sc3[nH]c(=O)sc3C(c3cc([N+](=O)[O-])ccc3OCc3ccccc3)C2C(=O)N1c1ccc(Br)cc1. The van der Waals surface area contributed by atoms with E-state index in [9.17, 15) is 24.5 Å². The number of ether oxygens (including phenoxy) is 1. The Kier molecular flexibility index (Phi) is 6.61. The second-order valence-corrected chi connectivity index (χ2v) is 12.1. The largest absolute Gasteiger partial charge is 0.489 e. The van der Waals surface area contributed by atoms with Crippen molar-refractivity contribution >= 4 is 62.2 Å². The van der Waals surface area contributed by atoms with Gasteiger partial charge in [0.2, 0.25) is 11.8 Å². The number of H-pyrrole nitrogens is 1. The number of imide groups is 1. The topological polar surface area (TPSA) is 123 Å². The first-order chi connectivity index (χ1) is 18.8. The third kappa shape index (κ3) is 4.58. The van der Waals surface area contributed by atoms with Crippen molar-refractivity contribution in [2.75, 3.05) is 4.90 Å². The van der Waals surface area contributed by atoms with Crippen molar-refractivity contribution in [3.8, 4) is 5.75 Å². The lowest BCUT2D eigenvalue weighted by Crippen LogP contribution is -2.32. The molecule has 1 aromatic heterocycles. The van der Waals surface area contributed by atoms with E-state index in [1.165, 1.54) is 18.2 Å². The van der Waals surface area contributed by atoms with Crippen LogP contribution in [-0.2, 0) is 16.2 Å². The maximum absolute atomic E-state index is 14.0. The summed E-state index contributed by atoms with van der Waals surface area (Å²) in [6.07, 6.45) is 0. The second kappa shape index (κ2) is 10.1. The van der Waals surface area contributed by atoms with Crippen LogP contribution in [0.1, 0.15) is 21.9 Å². The van der Waals surface area contributed by atoms with E-state index in [1.54, 1.807) is 24.3 Å². The number of amides is 2. The Hall–Kier alpha value is -3.74. The minimum absolute atomic E-state index is 0.183. The van der Waals surface area contributed by atoms with Crippen molar-refractivity contribution in [3.05, 3.63) is 113 Å². The van der Waals surface area contributed by atoms with E-state index < -0.39 is 33.8 Å². The average molecular weight is 624 g/mol. The fourth-order valence-corrected chi connectivity index (χ4v) is 7.73. The Morgan fingerprint density at radius 1 is 1.00 bits per heavy atom. The number of thioether (sulfide) groups is 1. The average Bonchev–Trinajstić information content (AvgIpc) is 3.42. The van der Waals surface area contributed by atoms with Gasteiger partial charge >= 0.3 is 4.87 Å². The quantitative estimate of drug-likeness (QED) is 0.171. The number of nitro benzene ring substituents is 1. The molecule has 2 amide bonds. The Morgan fingerprint density at radius 3 is 2.46 bits per heavy atom. The molecule has 2 aliphatic heterocycles. The number of aromatic amines is 1. The number of thiazole rings is 1. The van der Waals surface area contributed by atoms with E-state index >= 15 is 0 Å². The van der Waals surface area contributed by atoms with Crippen molar-refractivity contribution in [3.63, 3.8) is 0 Å². The number of carbonyl (C=O) groups excluding carboxylic acids is 2. The number of carbonyl (C=O) groups is 2. The van der Waals surface area contributed by atoms with Gasteiger partial charge in [-0.3, -0.25) is 24.5 Å². The zero-order chi connectivity index (χ0) is 27.3. The number of non-ortho nitro benzene ring substituents is 1. The van der Waals surface area contributed by atoms with Crippen molar-refractivity contribution in [1.29, 1.82) is 0 Å². The Bertz CT molecular complexity index is 1670. The maximum atomic E-state index is 14.0. The van der Waals surface area contributed by atoms with Crippen molar-refractivity contribution in [2.24, 2.45) is 5.92 Å². The predicted molar refractivity (Wildman–Crippen MR) is 150 cm³/mol. The van der Waals surface area contributed by atoms with Crippen LogP contribution in [0.25, 0.3) is 0 Å². The van der Waals surface area contributed by atoms with Gasteiger partial charge in [-0.15, -0.1) is 0 Å². The molecule has 2 aliphatic rings. The number of rotatable bonds is 6. The molecule has 3 aromatic carbocycles. The molecule has 196 valence electrons. The molecule has 0 spiro atoms. The minimum atomic E-state index is -0.897. The van der Waals surface area contributed by atoms with Crippen molar-refractivity contribution in [2.45, 2.75) is 22.8 Å². The number of fused-ring (bicyclic) bond motifs is 2. The summed E-state index contributed by atoms with van der Waals surface area (Å²) in [5.41, 5.74) is 1.52. The van der Waals surface area contributed by atoms with Gasteiger partial charge in [-0.25, -0.2) is 4.90 Å². The van der Waals surface area contributed by atoms with Gasteiger partial charge < -0.3 is 9.72 Å². The first-order valence-electron chi connectivity index (χ1n) is 11.8. The highest BCUT2D eigenvalue weighted by Gasteiger charge is 2.57. The highest BCUT2D eigenvalue weighted by Crippen LogP contribution is 2.55. The van der Waals surface area contributed by atoms with Crippen molar-refractivity contribution in [1.82, 2.24) is 4.98 Å². The van der Waals surface area contributed by atoms with E-state index in [2.05, 4.69) is 20.9 Å². The number of nitrogens with zero attached hydrogens (tertiary/aromatic N) is 2. The van der Waals surface area contributed by atoms with Gasteiger partial charge in [-0.05, 0) is 35.9 Å². The van der Waals surface area contributed by atoms with Gasteiger partial charge in [0.1, 0.15) is 17.6 Å². The molecule has 1 fully saturated rings. The van der Waals surface area contributed by atoms with Gasteiger partial charge in [0.15, 0.2) is 0 Å². The standard InChI is InChI=1S/C27H18BrN3O6S2/c28-15-6-8-16(9-7-15)30-25(32)21-20(22-24(29-27(34)39-22)38-23(21)26(30)33)18-12-17(31(35)36)10-11-19(18)37-13-14-4-2-1-3-5-14/h1-12,20-21,23H,13H2,(H,29,34). The number of anilines is 1. The van der Waals surface area contributed by atoms with Gasteiger partial charge in [-0.1, -0.05) is 69.4 Å². The van der Waals surface area contributed by atoms with Gasteiger partial charge in [-0.2, -0.15) is 0 Å². The summed E-state index contributed by atoms with van der Waals surface area (Å²) in [5, 5.41) is 11.4. The highest BCUT2D eigenvalue weighted by molar-refractivity contribution is 9.10. The first-order valence-corrected chi connectivity index (χ1v) is 14.3. The fraction of sp³-hybridized carbons (Fsp3) is 0.148. The van der Waals surface area contributed by atoms with Crippen LogP contribution in [0.15, 0.2) is 87.1 Å². The monoisotopic (exact) mass is 623 g/mol.